The minimum Gasteiger partial charge on any atom is -0.352 e. The van der Waals surface area contributed by atoms with Crippen molar-refractivity contribution in [1.82, 2.24) is 20.5 Å². The number of halogens is 3. The van der Waals surface area contributed by atoms with Crippen LogP contribution in [0.25, 0.3) is 22.2 Å². The van der Waals surface area contributed by atoms with E-state index in [1.54, 1.807) is 24.3 Å². The van der Waals surface area contributed by atoms with E-state index in [2.05, 4.69) is 20.5 Å². The van der Waals surface area contributed by atoms with Crippen molar-refractivity contribution in [3.8, 4) is 11.3 Å². The molecule has 2 heterocycles. The van der Waals surface area contributed by atoms with Gasteiger partial charge in [0.05, 0.1) is 11.2 Å². The number of hydrogen-bond acceptors (Lipinski definition) is 3. The third-order valence-electron chi connectivity index (χ3n) is 6.00. The minimum atomic E-state index is -0.665. The van der Waals surface area contributed by atoms with Gasteiger partial charge in [-0.25, -0.2) is 13.2 Å². The van der Waals surface area contributed by atoms with Gasteiger partial charge in [-0.05, 0) is 78.3 Å². The number of rotatable bonds is 5. The maximum absolute atomic E-state index is 14.5. The molecule has 5 rings (SSSR count). The number of aromatic amines is 1. The Morgan fingerprint density at radius 3 is 2.56 bits per heavy atom. The summed E-state index contributed by atoms with van der Waals surface area (Å²) < 4.78 is 41.9. The predicted molar refractivity (Wildman–Crippen MR) is 113 cm³/mol. The molecule has 5 nitrogen and oxygen atoms in total. The van der Waals surface area contributed by atoms with Crippen LogP contribution >= 0.6 is 0 Å². The molecular weight excluding hydrogens is 417 g/mol. The molecule has 1 aliphatic rings. The van der Waals surface area contributed by atoms with Gasteiger partial charge in [0.1, 0.15) is 17.5 Å². The summed E-state index contributed by atoms with van der Waals surface area (Å²) >= 11 is 0. The molecule has 0 atom stereocenters. The number of nitrogens with one attached hydrogen (secondary N) is 2. The zero-order valence-electron chi connectivity index (χ0n) is 16.9. The van der Waals surface area contributed by atoms with Gasteiger partial charge in [-0.3, -0.25) is 4.79 Å². The van der Waals surface area contributed by atoms with E-state index < -0.39 is 11.6 Å². The summed E-state index contributed by atoms with van der Waals surface area (Å²) in [7, 11) is 0. The fourth-order valence-electron chi connectivity index (χ4n) is 4.40. The summed E-state index contributed by atoms with van der Waals surface area (Å²) in [5.41, 5.74) is 2.68. The third kappa shape index (κ3) is 3.72. The van der Waals surface area contributed by atoms with Gasteiger partial charge in [-0.2, -0.15) is 5.10 Å². The number of carbonyl (C=O) groups excluding carboxylic acids is 1. The lowest BCUT2D eigenvalue weighted by Crippen LogP contribution is -2.35. The number of carbonyl (C=O) groups is 1. The van der Waals surface area contributed by atoms with E-state index in [1.165, 1.54) is 24.4 Å². The summed E-state index contributed by atoms with van der Waals surface area (Å²) in [6.07, 6.45) is 3.00. The van der Waals surface area contributed by atoms with Gasteiger partial charge in [-0.15, -0.1) is 5.10 Å². The molecule has 0 aliphatic heterocycles. The number of hydrogen-bond donors (Lipinski definition) is 2. The van der Waals surface area contributed by atoms with Crippen LogP contribution in [-0.2, 0) is 0 Å². The number of H-pyrrole nitrogens is 1. The molecule has 0 radical (unpaired) electrons. The molecule has 4 aromatic rings. The first-order chi connectivity index (χ1) is 15.5. The maximum atomic E-state index is 14.5. The minimum absolute atomic E-state index is 0.0587. The molecule has 0 unspecified atom stereocenters. The molecule has 32 heavy (non-hydrogen) atoms. The molecular formula is C24H19F3N4O. The number of benzene rings is 2. The lowest BCUT2D eigenvalue weighted by molar-refractivity contribution is 0.0929. The summed E-state index contributed by atoms with van der Waals surface area (Å²) in [5, 5.41) is 10.9. The van der Waals surface area contributed by atoms with Crippen molar-refractivity contribution in [2.45, 2.75) is 18.8 Å². The Balaban J connectivity index is 1.39. The molecule has 8 heteroatoms. The van der Waals surface area contributed by atoms with Gasteiger partial charge >= 0.3 is 0 Å². The first kappa shape index (κ1) is 20.2. The highest BCUT2D eigenvalue weighted by molar-refractivity contribution is 5.93. The molecule has 2 aromatic heterocycles. The van der Waals surface area contributed by atoms with Crippen molar-refractivity contribution >= 4 is 16.8 Å². The molecule has 1 fully saturated rings. The number of aromatic nitrogens is 3. The summed E-state index contributed by atoms with van der Waals surface area (Å²) in [6, 6.07) is 11.3. The van der Waals surface area contributed by atoms with Crippen LogP contribution in [-0.4, -0.2) is 27.6 Å². The Bertz CT molecular complexity index is 1280. The normalized spacial score (nSPS) is 17.8. The van der Waals surface area contributed by atoms with E-state index in [1.807, 2.05) is 0 Å². The Morgan fingerprint density at radius 1 is 1.06 bits per heavy atom. The van der Waals surface area contributed by atoms with Crippen LogP contribution in [0.3, 0.4) is 0 Å². The van der Waals surface area contributed by atoms with Crippen molar-refractivity contribution in [1.29, 1.82) is 0 Å². The molecule has 162 valence electrons. The monoisotopic (exact) mass is 436 g/mol. The van der Waals surface area contributed by atoms with E-state index in [0.29, 0.717) is 23.2 Å². The van der Waals surface area contributed by atoms with Crippen LogP contribution in [0.2, 0.25) is 0 Å². The van der Waals surface area contributed by atoms with Crippen molar-refractivity contribution in [2.75, 3.05) is 6.54 Å². The number of fused-ring (bicyclic) bond motifs is 1. The fraction of sp³-hybridized carbons (Fsp3) is 0.208. The Labute approximate surface area is 181 Å². The maximum Gasteiger partial charge on any atom is 0.271 e. The average Bonchev–Trinajstić information content (AvgIpc) is 3.13. The fourth-order valence-corrected chi connectivity index (χ4v) is 4.40. The predicted octanol–water partition coefficient (Wildman–Crippen LogP) is 4.97. The second kappa shape index (κ2) is 8.11. The van der Waals surface area contributed by atoms with E-state index in [9.17, 15) is 18.0 Å². The SMILES string of the molecule is O=C(NC[C@H]1C[C@H](c2c(-c3ccc(F)cc3)[nH]c3c(F)cc(F)cc32)C1)c1cccnn1. The first-order valence-electron chi connectivity index (χ1n) is 10.3. The zero-order valence-corrected chi connectivity index (χ0v) is 16.9. The van der Waals surface area contributed by atoms with Crippen molar-refractivity contribution in [3.05, 3.63) is 83.4 Å². The summed E-state index contributed by atoms with van der Waals surface area (Å²) in [6.45, 7) is 0.475. The van der Waals surface area contributed by atoms with E-state index in [0.717, 1.165) is 24.5 Å². The van der Waals surface area contributed by atoms with Crippen LogP contribution in [0.5, 0.6) is 0 Å². The van der Waals surface area contributed by atoms with E-state index in [-0.39, 0.29) is 34.8 Å². The second-order valence-corrected chi connectivity index (χ2v) is 8.08. The molecule has 0 spiro atoms. The highest BCUT2D eigenvalue weighted by Crippen LogP contribution is 2.48. The topological polar surface area (TPSA) is 70.7 Å². The molecule has 0 saturated heterocycles. The van der Waals surface area contributed by atoms with Gasteiger partial charge in [0, 0.05) is 24.2 Å². The molecule has 1 amide bonds. The van der Waals surface area contributed by atoms with Crippen molar-refractivity contribution in [3.63, 3.8) is 0 Å². The molecule has 1 aliphatic carbocycles. The number of amides is 1. The Kier molecular flexibility index (Phi) is 5.13. The van der Waals surface area contributed by atoms with E-state index in [4.69, 9.17) is 0 Å². The molecule has 1 saturated carbocycles. The van der Waals surface area contributed by atoms with Gasteiger partial charge in [0.2, 0.25) is 0 Å². The lowest BCUT2D eigenvalue weighted by Gasteiger charge is -2.36. The summed E-state index contributed by atoms with van der Waals surface area (Å²) in [4.78, 5) is 15.3. The van der Waals surface area contributed by atoms with Gasteiger partial charge in [0.15, 0.2) is 5.69 Å². The van der Waals surface area contributed by atoms with Crippen molar-refractivity contribution in [2.24, 2.45) is 5.92 Å². The van der Waals surface area contributed by atoms with Crippen LogP contribution in [0.15, 0.2) is 54.7 Å². The van der Waals surface area contributed by atoms with Crippen LogP contribution in [0, 0.1) is 23.4 Å². The standard InChI is InChI=1S/C24H19F3N4O/c25-16-5-3-14(4-6-16)22-21(18-10-17(26)11-19(27)23(18)30-22)15-8-13(9-15)12-28-24(32)20-2-1-7-29-31-20/h1-7,10-11,13,15,30H,8-9,12H2,(H,28,32)/t13-,15-. The first-order valence-corrected chi connectivity index (χ1v) is 10.3. The second-order valence-electron chi connectivity index (χ2n) is 8.08. The van der Waals surface area contributed by atoms with Crippen LogP contribution in [0.4, 0.5) is 13.2 Å². The quantitative estimate of drug-likeness (QED) is 0.464. The molecule has 2 aromatic carbocycles. The van der Waals surface area contributed by atoms with Crippen LogP contribution in [0.1, 0.15) is 34.8 Å². The average molecular weight is 436 g/mol. The number of nitrogens with zero attached hydrogens (tertiary/aromatic N) is 2. The zero-order chi connectivity index (χ0) is 22.2. The largest absolute Gasteiger partial charge is 0.352 e. The molecule has 0 bridgehead atoms. The highest BCUT2D eigenvalue weighted by Gasteiger charge is 2.35. The van der Waals surface area contributed by atoms with Gasteiger partial charge in [-0.1, -0.05) is 0 Å². The summed E-state index contributed by atoms with van der Waals surface area (Å²) in [5.74, 6) is -1.68. The molecule has 2 N–H and O–H groups in total. The van der Waals surface area contributed by atoms with Gasteiger partial charge < -0.3 is 10.3 Å². The van der Waals surface area contributed by atoms with Gasteiger partial charge in [0.25, 0.3) is 5.91 Å². The third-order valence-corrected chi connectivity index (χ3v) is 6.00. The Morgan fingerprint density at radius 2 is 1.84 bits per heavy atom. The highest BCUT2D eigenvalue weighted by atomic mass is 19.1. The smallest absolute Gasteiger partial charge is 0.271 e. The van der Waals surface area contributed by atoms with E-state index >= 15 is 0 Å². The van der Waals surface area contributed by atoms with Crippen LogP contribution < -0.4 is 5.32 Å². The lowest BCUT2D eigenvalue weighted by atomic mass is 9.70. The van der Waals surface area contributed by atoms with Crippen molar-refractivity contribution < 1.29 is 18.0 Å². The Hall–Kier alpha value is -3.68.